The van der Waals surface area contributed by atoms with Gasteiger partial charge in [0.1, 0.15) is 5.54 Å². The molecule has 0 saturated carbocycles. The number of hydrogen-bond donors (Lipinski definition) is 3. The standard InChI is InChI=1S/C8H15N3O/c1-2-3-8(7(9)12)6-10-4-5-11-8/h2,10-11H,1,3-6H2,(H2,9,12). The van der Waals surface area contributed by atoms with Crippen LogP contribution < -0.4 is 16.4 Å². The zero-order chi connectivity index (χ0) is 9.03. The molecular weight excluding hydrogens is 154 g/mol. The zero-order valence-electron chi connectivity index (χ0n) is 7.10. The van der Waals surface area contributed by atoms with Crippen molar-refractivity contribution in [2.45, 2.75) is 12.0 Å². The molecule has 4 nitrogen and oxygen atoms in total. The molecule has 1 amide bonds. The molecule has 0 aliphatic carbocycles. The van der Waals surface area contributed by atoms with Gasteiger partial charge < -0.3 is 16.4 Å². The smallest absolute Gasteiger partial charge is 0.239 e. The molecule has 1 atom stereocenters. The van der Waals surface area contributed by atoms with Crippen molar-refractivity contribution in [2.24, 2.45) is 5.73 Å². The van der Waals surface area contributed by atoms with E-state index >= 15 is 0 Å². The largest absolute Gasteiger partial charge is 0.368 e. The average Bonchev–Trinajstić information content (AvgIpc) is 2.06. The van der Waals surface area contributed by atoms with Gasteiger partial charge in [-0.15, -0.1) is 6.58 Å². The highest BCUT2D eigenvalue weighted by Gasteiger charge is 2.36. The van der Waals surface area contributed by atoms with Crippen LogP contribution in [0, 0.1) is 0 Å². The van der Waals surface area contributed by atoms with Crippen LogP contribution in [0.15, 0.2) is 12.7 Å². The highest BCUT2D eigenvalue weighted by atomic mass is 16.1. The van der Waals surface area contributed by atoms with Crippen molar-refractivity contribution in [3.05, 3.63) is 12.7 Å². The van der Waals surface area contributed by atoms with Crippen molar-refractivity contribution < 1.29 is 4.79 Å². The molecule has 1 aliphatic heterocycles. The normalized spacial score (nSPS) is 29.7. The van der Waals surface area contributed by atoms with Gasteiger partial charge in [-0.1, -0.05) is 6.08 Å². The Labute approximate surface area is 72.2 Å². The fourth-order valence-corrected chi connectivity index (χ4v) is 1.42. The minimum Gasteiger partial charge on any atom is -0.368 e. The number of primary amides is 1. The van der Waals surface area contributed by atoms with Crippen LogP contribution in [0.3, 0.4) is 0 Å². The molecule has 0 aromatic heterocycles. The number of nitrogens with two attached hydrogens (primary N) is 1. The molecule has 1 fully saturated rings. The van der Waals surface area contributed by atoms with Gasteiger partial charge in [-0.3, -0.25) is 4.79 Å². The van der Waals surface area contributed by atoms with Crippen molar-refractivity contribution in [2.75, 3.05) is 19.6 Å². The molecule has 0 aromatic carbocycles. The first-order chi connectivity index (χ1) is 5.71. The molecule has 0 aromatic rings. The Morgan fingerprint density at radius 3 is 2.83 bits per heavy atom. The fraction of sp³-hybridized carbons (Fsp3) is 0.625. The van der Waals surface area contributed by atoms with E-state index in [1.54, 1.807) is 6.08 Å². The molecular formula is C8H15N3O. The monoisotopic (exact) mass is 169 g/mol. The fourth-order valence-electron chi connectivity index (χ4n) is 1.42. The van der Waals surface area contributed by atoms with Crippen LogP contribution in [0.25, 0.3) is 0 Å². The van der Waals surface area contributed by atoms with E-state index in [0.29, 0.717) is 13.0 Å². The summed E-state index contributed by atoms with van der Waals surface area (Å²) in [6.07, 6.45) is 2.29. The van der Waals surface area contributed by atoms with Gasteiger partial charge in [0.15, 0.2) is 0 Å². The van der Waals surface area contributed by atoms with Gasteiger partial charge in [0.05, 0.1) is 0 Å². The van der Waals surface area contributed by atoms with E-state index in [0.717, 1.165) is 13.1 Å². The summed E-state index contributed by atoms with van der Waals surface area (Å²) in [6, 6.07) is 0. The molecule has 1 unspecified atom stereocenters. The minimum absolute atomic E-state index is 0.311. The van der Waals surface area contributed by atoms with Crippen LogP contribution in [0.4, 0.5) is 0 Å². The number of hydrogen-bond acceptors (Lipinski definition) is 3. The molecule has 4 N–H and O–H groups in total. The summed E-state index contributed by atoms with van der Waals surface area (Å²) < 4.78 is 0. The van der Waals surface area contributed by atoms with Crippen LogP contribution in [-0.4, -0.2) is 31.1 Å². The molecule has 4 heteroatoms. The van der Waals surface area contributed by atoms with Crippen LogP contribution in [0.2, 0.25) is 0 Å². The maximum absolute atomic E-state index is 11.1. The van der Waals surface area contributed by atoms with Crippen LogP contribution >= 0.6 is 0 Å². The van der Waals surface area contributed by atoms with Gasteiger partial charge in [0.25, 0.3) is 0 Å². The van der Waals surface area contributed by atoms with Gasteiger partial charge in [0, 0.05) is 19.6 Å². The van der Waals surface area contributed by atoms with E-state index in [-0.39, 0.29) is 5.91 Å². The third-order valence-corrected chi connectivity index (χ3v) is 2.16. The molecule has 12 heavy (non-hydrogen) atoms. The second-order valence-electron chi connectivity index (χ2n) is 3.04. The van der Waals surface area contributed by atoms with E-state index < -0.39 is 5.54 Å². The second-order valence-corrected chi connectivity index (χ2v) is 3.04. The molecule has 1 rings (SSSR count). The van der Waals surface area contributed by atoms with Gasteiger partial charge in [0.2, 0.25) is 5.91 Å². The molecule has 0 radical (unpaired) electrons. The van der Waals surface area contributed by atoms with Gasteiger partial charge in [-0.05, 0) is 6.42 Å². The molecule has 1 saturated heterocycles. The highest BCUT2D eigenvalue weighted by molar-refractivity contribution is 5.85. The van der Waals surface area contributed by atoms with Gasteiger partial charge in [-0.2, -0.15) is 0 Å². The maximum Gasteiger partial charge on any atom is 0.239 e. The van der Waals surface area contributed by atoms with Crippen LogP contribution in [0.5, 0.6) is 0 Å². The average molecular weight is 169 g/mol. The summed E-state index contributed by atoms with van der Waals surface area (Å²) in [5.41, 5.74) is 4.69. The third kappa shape index (κ3) is 1.65. The summed E-state index contributed by atoms with van der Waals surface area (Å²) >= 11 is 0. The lowest BCUT2D eigenvalue weighted by atomic mass is 9.92. The van der Waals surface area contributed by atoms with Crippen molar-refractivity contribution in [3.63, 3.8) is 0 Å². The lowest BCUT2D eigenvalue weighted by Crippen LogP contribution is -2.65. The topological polar surface area (TPSA) is 67.2 Å². The first kappa shape index (κ1) is 9.22. The SMILES string of the molecule is C=CCC1(C(N)=O)CNCCN1. The molecule has 1 aliphatic rings. The lowest BCUT2D eigenvalue weighted by Gasteiger charge is -2.35. The predicted molar refractivity (Wildman–Crippen MR) is 47.6 cm³/mol. The van der Waals surface area contributed by atoms with Crippen molar-refractivity contribution in [1.82, 2.24) is 10.6 Å². The van der Waals surface area contributed by atoms with E-state index in [1.165, 1.54) is 0 Å². The molecule has 0 bridgehead atoms. The Balaban J connectivity index is 2.69. The number of nitrogens with one attached hydrogen (secondary N) is 2. The van der Waals surface area contributed by atoms with Gasteiger partial charge >= 0.3 is 0 Å². The molecule has 68 valence electrons. The van der Waals surface area contributed by atoms with Crippen LogP contribution in [-0.2, 0) is 4.79 Å². The lowest BCUT2D eigenvalue weighted by molar-refractivity contribution is -0.124. The highest BCUT2D eigenvalue weighted by Crippen LogP contribution is 2.11. The van der Waals surface area contributed by atoms with Crippen LogP contribution in [0.1, 0.15) is 6.42 Å². The Morgan fingerprint density at radius 1 is 1.67 bits per heavy atom. The Hall–Kier alpha value is -0.870. The summed E-state index contributed by atoms with van der Waals surface area (Å²) in [4.78, 5) is 11.1. The van der Waals surface area contributed by atoms with E-state index in [1.807, 2.05) is 0 Å². The van der Waals surface area contributed by atoms with Crippen molar-refractivity contribution in [1.29, 1.82) is 0 Å². The summed E-state index contributed by atoms with van der Waals surface area (Å²) in [5.74, 6) is -0.311. The van der Waals surface area contributed by atoms with E-state index in [9.17, 15) is 4.79 Å². The number of amides is 1. The quantitative estimate of drug-likeness (QED) is 0.474. The Morgan fingerprint density at radius 2 is 2.42 bits per heavy atom. The van der Waals surface area contributed by atoms with Crippen molar-refractivity contribution >= 4 is 5.91 Å². The summed E-state index contributed by atoms with van der Waals surface area (Å²) in [7, 11) is 0. The van der Waals surface area contributed by atoms with E-state index in [2.05, 4.69) is 17.2 Å². The first-order valence-electron chi connectivity index (χ1n) is 4.08. The van der Waals surface area contributed by atoms with Gasteiger partial charge in [-0.25, -0.2) is 0 Å². The second kappa shape index (κ2) is 3.69. The summed E-state index contributed by atoms with van der Waals surface area (Å²) in [6.45, 7) is 5.85. The maximum atomic E-state index is 11.1. The van der Waals surface area contributed by atoms with Crippen molar-refractivity contribution in [3.8, 4) is 0 Å². The number of carbonyl (C=O) groups excluding carboxylic acids is 1. The minimum atomic E-state index is -0.611. The summed E-state index contributed by atoms with van der Waals surface area (Å²) in [5, 5.41) is 6.26. The number of rotatable bonds is 3. The Kier molecular flexibility index (Phi) is 2.83. The molecule has 1 heterocycles. The van der Waals surface area contributed by atoms with E-state index in [4.69, 9.17) is 5.73 Å². The Bertz CT molecular complexity index is 185. The first-order valence-corrected chi connectivity index (χ1v) is 4.08. The third-order valence-electron chi connectivity index (χ3n) is 2.16. The predicted octanol–water partition coefficient (Wildman–Crippen LogP) is -1.02. The number of carbonyl (C=O) groups is 1. The zero-order valence-corrected chi connectivity index (χ0v) is 7.10. The molecule has 0 spiro atoms. The number of piperazine rings is 1.